The molecule has 0 aliphatic carbocycles. The summed E-state index contributed by atoms with van der Waals surface area (Å²) in [6.45, 7) is 0.137. The van der Waals surface area contributed by atoms with E-state index in [4.69, 9.17) is 0 Å². The van der Waals surface area contributed by atoms with Crippen LogP contribution in [0.15, 0.2) is 53.4 Å². The van der Waals surface area contributed by atoms with Gasteiger partial charge in [0.25, 0.3) is 0 Å². The first-order chi connectivity index (χ1) is 11.9. The fraction of sp³-hybridized carbons (Fsp3) is 0.235. The van der Waals surface area contributed by atoms with E-state index in [1.807, 2.05) is 0 Å². The Bertz CT molecular complexity index is 885. The minimum atomic E-state index is -4.13. The molecule has 1 aliphatic rings. The van der Waals surface area contributed by atoms with E-state index in [0.29, 0.717) is 18.5 Å². The molecule has 2 aromatic carbocycles. The largest absolute Gasteiger partial charge is 0.325 e. The van der Waals surface area contributed by atoms with E-state index in [1.54, 1.807) is 0 Å². The molecule has 1 heterocycles. The lowest BCUT2D eigenvalue weighted by atomic mass is 10.2. The monoisotopic (exact) mass is 366 g/mol. The molecule has 1 aliphatic heterocycles. The van der Waals surface area contributed by atoms with Crippen molar-refractivity contribution < 1.29 is 22.0 Å². The first kappa shape index (κ1) is 17.5. The van der Waals surface area contributed by atoms with E-state index < -0.39 is 38.5 Å². The Morgan fingerprint density at radius 1 is 1.08 bits per heavy atom. The fourth-order valence-corrected chi connectivity index (χ4v) is 4.55. The van der Waals surface area contributed by atoms with Crippen molar-refractivity contribution in [3.05, 3.63) is 60.2 Å². The average Bonchev–Trinajstić information content (AvgIpc) is 3.08. The molecule has 5 nitrogen and oxygen atoms in total. The van der Waals surface area contributed by atoms with Crippen LogP contribution in [-0.4, -0.2) is 31.2 Å². The van der Waals surface area contributed by atoms with Gasteiger partial charge in [-0.05, 0) is 49.2 Å². The van der Waals surface area contributed by atoms with Crippen LogP contribution >= 0.6 is 0 Å². The Hall–Kier alpha value is -2.32. The molecule has 1 fully saturated rings. The van der Waals surface area contributed by atoms with Gasteiger partial charge in [0.1, 0.15) is 22.6 Å². The van der Waals surface area contributed by atoms with Gasteiger partial charge in [-0.2, -0.15) is 4.31 Å². The van der Waals surface area contributed by atoms with Crippen LogP contribution < -0.4 is 5.32 Å². The minimum absolute atomic E-state index is 0.137. The third-order valence-corrected chi connectivity index (χ3v) is 5.98. The zero-order valence-electron chi connectivity index (χ0n) is 13.2. The second-order valence-electron chi connectivity index (χ2n) is 5.70. The van der Waals surface area contributed by atoms with Crippen LogP contribution in [-0.2, 0) is 14.8 Å². The summed E-state index contributed by atoms with van der Waals surface area (Å²) in [6, 6.07) is 9.30. The van der Waals surface area contributed by atoms with E-state index in [9.17, 15) is 22.0 Å². The first-order valence-corrected chi connectivity index (χ1v) is 9.16. The number of hydrogen-bond donors (Lipinski definition) is 1. The normalized spacial score (nSPS) is 18.2. The van der Waals surface area contributed by atoms with E-state index in [-0.39, 0.29) is 6.54 Å². The Kier molecular flexibility index (Phi) is 4.82. The molecule has 0 saturated carbocycles. The van der Waals surface area contributed by atoms with Gasteiger partial charge < -0.3 is 5.32 Å². The molecule has 0 spiro atoms. The number of carbonyl (C=O) groups is 1. The zero-order chi connectivity index (χ0) is 18.0. The minimum Gasteiger partial charge on any atom is -0.325 e. The number of anilines is 1. The van der Waals surface area contributed by atoms with Crippen molar-refractivity contribution in [3.63, 3.8) is 0 Å². The summed E-state index contributed by atoms with van der Waals surface area (Å²) in [6.07, 6.45) is 0.829. The molecule has 0 radical (unpaired) electrons. The second-order valence-corrected chi connectivity index (χ2v) is 7.56. The van der Waals surface area contributed by atoms with Gasteiger partial charge in [0, 0.05) is 12.2 Å². The third kappa shape index (κ3) is 3.54. The first-order valence-electron chi connectivity index (χ1n) is 7.72. The molecule has 1 unspecified atom stereocenters. The van der Waals surface area contributed by atoms with E-state index >= 15 is 0 Å². The van der Waals surface area contributed by atoms with Crippen molar-refractivity contribution in [2.24, 2.45) is 0 Å². The van der Waals surface area contributed by atoms with Gasteiger partial charge in [0.15, 0.2) is 0 Å². The fourth-order valence-electron chi connectivity index (χ4n) is 2.83. The summed E-state index contributed by atoms with van der Waals surface area (Å²) in [4.78, 5) is 12.0. The number of nitrogens with zero attached hydrogens (tertiary/aromatic N) is 1. The average molecular weight is 366 g/mol. The van der Waals surface area contributed by atoms with Gasteiger partial charge in [-0.3, -0.25) is 4.79 Å². The van der Waals surface area contributed by atoms with Gasteiger partial charge >= 0.3 is 0 Å². The Balaban J connectivity index is 1.83. The maximum atomic E-state index is 13.9. The highest BCUT2D eigenvalue weighted by molar-refractivity contribution is 7.89. The topological polar surface area (TPSA) is 66.5 Å². The summed E-state index contributed by atoms with van der Waals surface area (Å²) < 4.78 is 53.3. The van der Waals surface area contributed by atoms with Crippen molar-refractivity contribution in [2.75, 3.05) is 11.9 Å². The van der Waals surface area contributed by atoms with Crippen molar-refractivity contribution in [3.8, 4) is 0 Å². The smallest absolute Gasteiger partial charge is 0.246 e. The molecule has 1 amide bonds. The summed E-state index contributed by atoms with van der Waals surface area (Å²) in [5, 5.41) is 2.57. The van der Waals surface area contributed by atoms with Gasteiger partial charge in [0.2, 0.25) is 15.9 Å². The summed E-state index contributed by atoms with van der Waals surface area (Å²) in [5.41, 5.74) is 0.363. The van der Waals surface area contributed by atoms with Crippen LogP contribution in [0.2, 0.25) is 0 Å². The van der Waals surface area contributed by atoms with Crippen molar-refractivity contribution in [2.45, 2.75) is 23.8 Å². The molecular formula is C17H16F2N2O3S. The van der Waals surface area contributed by atoms with Gasteiger partial charge in [0.05, 0.1) is 0 Å². The van der Waals surface area contributed by atoms with Crippen LogP contribution in [0.5, 0.6) is 0 Å². The molecule has 3 rings (SSSR count). The van der Waals surface area contributed by atoms with E-state index in [1.165, 1.54) is 42.5 Å². The summed E-state index contributed by atoms with van der Waals surface area (Å²) in [7, 11) is -4.13. The highest BCUT2D eigenvalue weighted by Gasteiger charge is 2.40. The molecule has 0 bridgehead atoms. The lowest BCUT2D eigenvalue weighted by molar-refractivity contribution is -0.119. The Labute approximate surface area is 144 Å². The SMILES string of the molecule is O=C(Nc1ccc(F)cc1)C1CCCN1S(=O)(=O)c1ccccc1F. The number of benzene rings is 2. The highest BCUT2D eigenvalue weighted by Crippen LogP contribution is 2.28. The van der Waals surface area contributed by atoms with Crippen LogP contribution in [0, 0.1) is 11.6 Å². The molecule has 8 heteroatoms. The number of carbonyl (C=O) groups excluding carboxylic acids is 1. The molecule has 1 saturated heterocycles. The maximum absolute atomic E-state index is 13.9. The maximum Gasteiger partial charge on any atom is 0.246 e. The molecule has 1 N–H and O–H groups in total. The summed E-state index contributed by atoms with van der Waals surface area (Å²) in [5.74, 6) is -1.82. The summed E-state index contributed by atoms with van der Waals surface area (Å²) >= 11 is 0. The van der Waals surface area contributed by atoms with Crippen LogP contribution in [0.25, 0.3) is 0 Å². The standard InChI is InChI=1S/C17H16F2N2O3S/c18-12-7-9-13(10-8-12)20-17(22)15-5-3-11-21(15)25(23,24)16-6-2-1-4-14(16)19/h1-2,4,6-10,15H,3,5,11H2,(H,20,22). The van der Waals surface area contributed by atoms with Gasteiger partial charge in [-0.25, -0.2) is 17.2 Å². The predicted molar refractivity (Wildman–Crippen MR) is 88.3 cm³/mol. The van der Waals surface area contributed by atoms with Crippen molar-refractivity contribution in [1.82, 2.24) is 4.31 Å². The van der Waals surface area contributed by atoms with Gasteiger partial charge in [-0.15, -0.1) is 0 Å². The molecule has 2 aromatic rings. The molecule has 25 heavy (non-hydrogen) atoms. The molecule has 1 atom stereocenters. The zero-order valence-corrected chi connectivity index (χ0v) is 14.0. The van der Waals surface area contributed by atoms with E-state index in [2.05, 4.69) is 5.32 Å². The Morgan fingerprint density at radius 2 is 1.76 bits per heavy atom. The third-order valence-electron chi connectivity index (χ3n) is 4.04. The predicted octanol–water partition coefficient (Wildman–Crippen LogP) is 2.76. The number of nitrogens with one attached hydrogen (secondary N) is 1. The molecule has 0 aromatic heterocycles. The van der Waals surface area contributed by atoms with Crippen LogP contribution in [0.1, 0.15) is 12.8 Å². The highest BCUT2D eigenvalue weighted by atomic mass is 32.2. The van der Waals surface area contributed by atoms with E-state index in [0.717, 1.165) is 10.4 Å². The Morgan fingerprint density at radius 3 is 2.44 bits per heavy atom. The van der Waals surface area contributed by atoms with Crippen molar-refractivity contribution in [1.29, 1.82) is 0 Å². The van der Waals surface area contributed by atoms with Gasteiger partial charge in [-0.1, -0.05) is 12.1 Å². The number of hydrogen-bond acceptors (Lipinski definition) is 3. The number of amides is 1. The quantitative estimate of drug-likeness (QED) is 0.905. The van der Waals surface area contributed by atoms with Crippen molar-refractivity contribution >= 4 is 21.6 Å². The lowest BCUT2D eigenvalue weighted by Crippen LogP contribution is -2.43. The number of halogens is 2. The second kappa shape index (κ2) is 6.89. The molecule has 132 valence electrons. The number of rotatable bonds is 4. The molecular weight excluding hydrogens is 350 g/mol. The van der Waals surface area contributed by atoms with Crippen LogP contribution in [0.4, 0.5) is 14.5 Å². The lowest BCUT2D eigenvalue weighted by Gasteiger charge is -2.23. The number of sulfonamides is 1. The van der Waals surface area contributed by atoms with Crippen LogP contribution in [0.3, 0.4) is 0 Å².